The monoisotopic (exact) mass is 279 g/mol. The second-order valence-corrected chi connectivity index (χ2v) is 3.54. The largest absolute Gasteiger partial charge is 0.404 e. The molecule has 0 unspecified atom stereocenters. The van der Waals surface area contributed by atoms with E-state index in [-0.39, 0.29) is 5.82 Å². The number of hydrogen-bond donors (Lipinski definition) is 0. The molecule has 0 saturated carbocycles. The lowest BCUT2D eigenvalue weighted by Crippen LogP contribution is -2.20. The van der Waals surface area contributed by atoms with Gasteiger partial charge in [-0.15, -0.1) is 0 Å². The van der Waals surface area contributed by atoms with Gasteiger partial charge in [-0.25, -0.2) is 0 Å². The summed E-state index contributed by atoms with van der Waals surface area (Å²) in [4.78, 5) is 9.94. The third-order valence-electron chi connectivity index (χ3n) is 1.73. The molecule has 0 N–H and O–H groups in total. The van der Waals surface area contributed by atoms with Gasteiger partial charge in [0.25, 0.3) is 0 Å². The highest BCUT2D eigenvalue weighted by Crippen LogP contribution is 2.22. The van der Waals surface area contributed by atoms with Gasteiger partial charge in [-0.1, -0.05) is 0 Å². The zero-order chi connectivity index (χ0) is 11.4. The smallest absolute Gasteiger partial charge is 0.358 e. The van der Waals surface area contributed by atoms with Gasteiger partial charge in [-0.2, -0.15) is 4.68 Å². The van der Waals surface area contributed by atoms with Crippen molar-refractivity contribution in [3.05, 3.63) is 20.8 Å². The molecule has 0 bridgehead atoms. The lowest BCUT2D eigenvalue weighted by Gasteiger charge is -2.10. The summed E-state index contributed by atoms with van der Waals surface area (Å²) in [7, 11) is 2.97. The number of rotatable bonds is 5. The van der Waals surface area contributed by atoms with E-state index in [0.29, 0.717) is 11.0 Å². The number of hydrogen-bond acceptors (Lipinski definition) is 5. The van der Waals surface area contributed by atoms with Crippen LogP contribution in [0, 0.1) is 10.1 Å². The Morgan fingerprint density at radius 3 is 2.67 bits per heavy atom. The number of aromatic nitrogens is 2. The third kappa shape index (κ3) is 2.98. The predicted molar refractivity (Wildman–Crippen MR) is 54.4 cm³/mol. The molecule has 0 amide bonds. The van der Waals surface area contributed by atoms with Crippen molar-refractivity contribution in [1.82, 2.24) is 9.78 Å². The molecule has 0 saturated heterocycles. The standard InChI is InChI=1S/C7H10BrN3O4/c1-14-6(15-2)4-10-3-5(8)7(9-10)11(12)13/h3,6H,4H2,1-2H3. The summed E-state index contributed by atoms with van der Waals surface area (Å²) in [5, 5.41) is 14.3. The van der Waals surface area contributed by atoms with Gasteiger partial charge in [0.1, 0.15) is 11.0 Å². The van der Waals surface area contributed by atoms with Crippen LogP contribution >= 0.6 is 15.9 Å². The summed E-state index contributed by atoms with van der Waals surface area (Å²) >= 11 is 3.04. The number of halogens is 1. The minimum Gasteiger partial charge on any atom is -0.358 e. The lowest BCUT2D eigenvalue weighted by molar-refractivity contribution is -0.390. The van der Waals surface area contributed by atoms with E-state index >= 15 is 0 Å². The fourth-order valence-corrected chi connectivity index (χ4v) is 1.46. The second-order valence-electron chi connectivity index (χ2n) is 2.68. The average Bonchev–Trinajstić information content (AvgIpc) is 2.56. The van der Waals surface area contributed by atoms with Gasteiger partial charge in [0, 0.05) is 14.2 Å². The van der Waals surface area contributed by atoms with Gasteiger partial charge >= 0.3 is 5.82 Å². The lowest BCUT2D eigenvalue weighted by atomic mass is 10.6. The molecule has 0 aliphatic rings. The zero-order valence-corrected chi connectivity index (χ0v) is 9.80. The summed E-state index contributed by atoms with van der Waals surface area (Å²) in [5.41, 5.74) is 0. The molecule has 0 aliphatic carbocycles. The van der Waals surface area contributed by atoms with E-state index in [2.05, 4.69) is 21.0 Å². The van der Waals surface area contributed by atoms with Crippen LogP contribution in [0.25, 0.3) is 0 Å². The molecule has 0 aromatic carbocycles. The Bertz CT molecular complexity index is 350. The molecular weight excluding hydrogens is 270 g/mol. The maximum atomic E-state index is 10.5. The van der Waals surface area contributed by atoms with E-state index in [1.165, 1.54) is 25.1 Å². The molecule has 0 aliphatic heterocycles. The maximum Gasteiger partial charge on any atom is 0.404 e. The second kappa shape index (κ2) is 5.19. The van der Waals surface area contributed by atoms with Crippen LogP contribution in [0.1, 0.15) is 0 Å². The molecule has 1 rings (SSSR count). The summed E-state index contributed by atoms with van der Waals surface area (Å²) in [5.74, 6) is -0.221. The summed E-state index contributed by atoms with van der Waals surface area (Å²) in [6, 6.07) is 0. The fourth-order valence-electron chi connectivity index (χ4n) is 1.00. The van der Waals surface area contributed by atoms with Crippen LogP contribution in [-0.2, 0) is 16.0 Å². The predicted octanol–water partition coefficient (Wildman–Crippen LogP) is 1.17. The van der Waals surface area contributed by atoms with Crippen LogP contribution in [0.4, 0.5) is 5.82 Å². The number of nitrogens with zero attached hydrogens (tertiary/aromatic N) is 3. The van der Waals surface area contributed by atoms with Crippen LogP contribution < -0.4 is 0 Å². The van der Waals surface area contributed by atoms with Crippen molar-refractivity contribution >= 4 is 21.7 Å². The van der Waals surface area contributed by atoms with E-state index < -0.39 is 11.2 Å². The Labute approximate surface area is 94.2 Å². The topological polar surface area (TPSA) is 79.4 Å². The molecule has 7 nitrogen and oxygen atoms in total. The quantitative estimate of drug-likeness (QED) is 0.459. The molecule has 1 heterocycles. The van der Waals surface area contributed by atoms with E-state index in [4.69, 9.17) is 9.47 Å². The molecule has 0 spiro atoms. The summed E-state index contributed by atoms with van der Waals surface area (Å²) in [6.07, 6.45) is 1.03. The Kier molecular flexibility index (Phi) is 4.18. The average molecular weight is 280 g/mol. The fraction of sp³-hybridized carbons (Fsp3) is 0.571. The minimum atomic E-state index is -0.560. The normalized spacial score (nSPS) is 10.9. The van der Waals surface area contributed by atoms with Crippen LogP contribution in [0.3, 0.4) is 0 Å². The Morgan fingerprint density at radius 1 is 1.67 bits per heavy atom. The molecule has 0 atom stereocenters. The first-order chi connectivity index (χ1) is 7.08. The van der Waals surface area contributed by atoms with Gasteiger partial charge in [-0.05, 0) is 20.9 Å². The first-order valence-corrected chi connectivity index (χ1v) is 4.80. The number of ether oxygens (including phenoxy) is 2. The molecule has 0 fully saturated rings. The zero-order valence-electron chi connectivity index (χ0n) is 8.21. The maximum absolute atomic E-state index is 10.5. The van der Waals surface area contributed by atoms with Crippen molar-refractivity contribution in [3.63, 3.8) is 0 Å². The molecule has 84 valence electrons. The van der Waals surface area contributed by atoms with E-state index in [1.807, 2.05) is 0 Å². The molecule has 1 aromatic rings. The summed E-state index contributed by atoms with van der Waals surface area (Å²) in [6.45, 7) is 0.291. The summed E-state index contributed by atoms with van der Waals surface area (Å²) < 4.78 is 11.6. The van der Waals surface area contributed by atoms with E-state index in [0.717, 1.165) is 0 Å². The van der Waals surface area contributed by atoms with Crippen molar-refractivity contribution in [2.75, 3.05) is 14.2 Å². The molecule has 8 heteroatoms. The van der Waals surface area contributed by atoms with Crippen molar-refractivity contribution in [2.24, 2.45) is 0 Å². The number of nitro groups is 1. The van der Waals surface area contributed by atoms with Gasteiger partial charge in [0.05, 0.1) is 11.3 Å². The SMILES string of the molecule is COC(Cn1cc(Br)c([N+](=O)[O-])n1)OC. The number of methoxy groups -OCH3 is 2. The Morgan fingerprint density at radius 2 is 2.27 bits per heavy atom. The first kappa shape index (κ1) is 12.1. The molecular formula is C7H10BrN3O4. The minimum absolute atomic E-state index is 0.221. The van der Waals surface area contributed by atoms with Crippen LogP contribution in [0.2, 0.25) is 0 Å². The van der Waals surface area contributed by atoms with E-state index in [1.54, 1.807) is 0 Å². The molecule has 15 heavy (non-hydrogen) atoms. The highest BCUT2D eigenvalue weighted by Gasteiger charge is 2.20. The first-order valence-electron chi connectivity index (χ1n) is 4.01. The van der Waals surface area contributed by atoms with Crippen molar-refractivity contribution < 1.29 is 14.4 Å². The third-order valence-corrected chi connectivity index (χ3v) is 2.29. The highest BCUT2D eigenvalue weighted by molar-refractivity contribution is 9.10. The van der Waals surface area contributed by atoms with Crippen molar-refractivity contribution in [1.29, 1.82) is 0 Å². The van der Waals surface area contributed by atoms with Crippen LogP contribution in [0.15, 0.2) is 10.7 Å². The Balaban J connectivity index is 2.79. The van der Waals surface area contributed by atoms with Crippen LogP contribution in [-0.4, -0.2) is 35.2 Å². The Hall–Kier alpha value is -0.990. The molecule has 0 radical (unpaired) electrons. The van der Waals surface area contributed by atoms with Crippen molar-refractivity contribution in [2.45, 2.75) is 12.8 Å². The highest BCUT2D eigenvalue weighted by atomic mass is 79.9. The van der Waals surface area contributed by atoms with Gasteiger partial charge in [0.15, 0.2) is 6.29 Å². The van der Waals surface area contributed by atoms with Gasteiger partial charge in [-0.3, -0.25) is 0 Å². The van der Waals surface area contributed by atoms with Crippen LogP contribution in [0.5, 0.6) is 0 Å². The van der Waals surface area contributed by atoms with E-state index in [9.17, 15) is 10.1 Å². The molecule has 1 aromatic heterocycles. The van der Waals surface area contributed by atoms with Crippen molar-refractivity contribution in [3.8, 4) is 0 Å². The van der Waals surface area contributed by atoms with Gasteiger partial charge < -0.3 is 19.6 Å². The van der Waals surface area contributed by atoms with Gasteiger partial charge in [0.2, 0.25) is 0 Å².